The molecule has 3 aromatic rings. The van der Waals surface area contributed by atoms with Crippen LogP contribution in [0.1, 0.15) is 53.0 Å². The number of nitrogens with zero attached hydrogens (tertiary/aromatic N) is 2. The molecule has 168 valence electrons. The summed E-state index contributed by atoms with van der Waals surface area (Å²) >= 11 is 0. The van der Waals surface area contributed by atoms with E-state index < -0.39 is 36.1 Å². The standard InChI is InChI=1S/C22H20F4N4O2/c1-12(31)13-4-8-16(9-5-13)28-21(32)17-11-27-30-19(22(24,25)26)10-18(29-20(17)30)14-2-6-15(23)7-3-14/h2-9,11-12,18-19,29,31H,10H2,1H3,(H,28,32)/t12-,18-,19-/m0/s1. The van der Waals surface area contributed by atoms with Crippen LogP contribution in [0.15, 0.2) is 54.7 Å². The lowest BCUT2D eigenvalue weighted by atomic mass is 9.96. The molecule has 0 unspecified atom stereocenters. The van der Waals surface area contributed by atoms with E-state index in [4.69, 9.17) is 0 Å². The summed E-state index contributed by atoms with van der Waals surface area (Å²) in [5, 5.41) is 19.0. The molecule has 0 saturated carbocycles. The first kappa shape index (κ1) is 21.8. The molecule has 0 spiro atoms. The molecule has 0 bridgehead atoms. The number of aromatic nitrogens is 2. The number of nitrogens with one attached hydrogen (secondary N) is 2. The van der Waals surface area contributed by atoms with Crippen LogP contribution in [0.2, 0.25) is 0 Å². The lowest BCUT2D eigenvalue weighted by Crippen LogP contribution is -2.36. The van der Waals surface area contributed by atoms with Crippen LogP contribution < -0.4 is 10.6 Å². The van der Waals surface area contributed by atoms with Crippen molar-refractivity contribution in [3.63, 3.8) is 0 Å². The van der Waals surface area contributed by atoms with Crippen LogP contribution in [-0.2, 0) is 0 Å². The van der Waals surface area contributed by atoms with Gasteiger partial charge in [0.05, 0.1) is 18.3 Å². The van der Waals surface area contributed by atoms with E-state index in [9.17, 15) is 27.5 Å². The Bertz CT molecular complexity index is 1110. The van der Waals surface area contributed by atoms with E-state index in [0.717, 1.165) is 10.9 Å². The fourth-order valence-corrected chi connectivity index (χ4v) is 3.69. The van der Waals surface area contributed by atoms with E-state index in [0.29, 0.717) is 16.8 Å². The second-order valence-electron chi connectivity index (χ2n) is 7.65. The summed E-state index contributed by atoms with van der Waals surface area (Å²) in [7, 11) is 0. The van der Waals surface area contributed by atoms with E-state index in [1.165, 1.54) is 24.3 Å². The van der Waals surface area contributed by atoms with Crippen LogP contribution >= 0.6 is 0 Å². The Morgan fingerprint density at radius 1 is 1.19 bits per heavy atom. The fraction of sp³-hybridized carbons (Fsp3) is 0.273. The number of hydrogen-bond acceptors (Lipinski definition) is 4. The summed E-state index contributed by atoms with van der Waals surface area (Å²) in [6.07, 6.45) is -4.53. The Kier molecular flexibility index (Phi) is 5.64. The third-order valence-corrected chi connectivity index (χ3v) is 5.41. The van der Waals surface area contributed by atoms with Crippen LogP contribution in [0, 0.1) is 5.82 Å². The van der Waals surface area contributed by atoms with Gasteiger partial charge in [0.1, 0.15) is 17.2 Å². The van der Waals surface area contributed by atoms with Crippen LogP contribution in [0.5, 0.6) is 0 Å². The minimum Gasteiger partial charge on any atom is -0.389 e. The molecule has 0 saturated heterocycles. The molecule has 2 heterocycles. The molecule has 1 aromatic heterocycles. The first-order chi connectivity index (χ1) is 15.1. The van der Waals surface area contributed by atoms with Gasteiger partial charge in [-0.3, -0.25) is 4.79 Å². The van der Waals surface area contributed by atoms with Gasteiger partial charge in [-0.1, -0.05) is 24.3 Å². The van der Waals surface area contributed by atoms with E-state index in [1.807, 2.05) is 0 Å². The Hall–Kier alpha value is -3.40. The molecule has 1 aliphatic rings. The maximum absolute atomic E-state index is 13.8. The molecular weight excluding hydrogens is 428 g/mol. The average molecular weight is 448 g/mol. The maximum Gasteiger partial charge on any atom is 0.410 e. The van der Waals surface area contributed by atoms with Gasteiger partial charge in [0.2, 0.25) is 0 Å². The summed E-state index contributed by atoms with van der Waals surface area (Å²) in [6, 6.07) is 8.89. The zero-order chi connectivity index (χ0) is 23.0. The average Bonchev–Trinajstić information content (AvgIpc) is 3.17. The molecule has 1 aliphatic heterocycles. The van der Waals surface area contributed by atoms with Crippen molar-refractivity contribution in [2.75, 3.05) is 10.6 Å². The summed E-state index contributed by atoms with van der Waals surface area (Å²) in [4.78, 5) is 12.8. The lowest BCUT2D eigenvalue weighted by Gasteiger charge is -2.34. The third kappa shape index (κ3) is 4.31. The van der Waals surface area contributed by atoms with Crippen molar-refractivity contribution >= 4 is 17.4 Å². The summed E-state index contributed by atoms with van der Waals surface area (Å²) in [5.74, 6) is -1.20. The molecular formula is C22H20F4N4O2. The number of alkyl halides is 3. The largest absolute Gasteiger partial charge is 0.410 e. The summed E-state index contributed by atoms with van der Waals surface area (Å²) < 4.78 is 55.3. The van der Waals surface area contributed by atoms with Crippen molar-refractivity contribution in [3.05, 3.63) is 77.2 Å². The molecule has 0 aliphatic carbocycles. The molecule has 0 radical (unpaired) electrons. The van der Waals surface area contributed by atoms with Gasteiger partial charge in [0, 0.05) is 12.1 Å². The highest BCUT2D eigenvalue weighted by Gasteiger charge is 2.47. The minimum atomic E-state index is -4.59. The van der Waals surface area contributed by atoms with Crippen molar-refractivity contribution in [2.24, 2.45) is 0 Å². The van der Waals surface area contributed by atoms with Crippen LogP contribution in [0.25, 0.3) is 0 Å². The number of benzene rings is 2. The number of carbonyl (C=O) groups excluding carboxylic acids is 1. The fourth-order valence-electron chi connectivity index (χ4n) is 3.69. The number of hydrogen-bond donors (Lipinski definition) is 3. The number of fused-ring (bicyclic) bond motifs is 1. The Morgan fingerprint density at radius 3 is 2.44 bits per heavy atom. The van der Waals surface area contributed by atoms with Crippen molar-refractivity contribution in [1.29, 1.82) is 0 Å². The molecule has 3 atom stereocenters. The van der Waals surface area contributed by atoms with Crippen LogP contribution in [-0.4, -0.2) is 27.0 Å². The Balaban J connectivity index is 1.64. The number of rotatable bonds is 4. The number of halogens is 4. The van der Waals surface area contributed by atoms with E-state index in [1.54, 1.807) is 31.2 Å². The van der Waals surface area contributed by atoms with Gasteiger partial charge in [-0.05, 0) is 42.3 Å². The van der Waals surface area contributed by atoms with Crippen molar-refractivity contribution in [3.8, 4) is 0 Å². The van der Waals surface area contributed by atoms with E-state index in [-0.39, 0.29) is 17.8 Å². The van der Waals surface area contributed by atoms with E-state index in [2.05, 4.69) is 15.7 Å². The molecule has 6 nitrogen and oxygen atoms in total. The van der Waals surface area contributed by atoms with Crippen molar-refractivity contribution < 1.29 is 27.5 Å². The molecule has 32 heavy (non-hydrogen) atoms. The number of aliphatic hydroxyl groups excluding tert-OH is 1. The van der Waals surface area contributed by atoms with Crippen molar-refractivity contribution in [1.82, 2.24) is 9.78 Å². The third-order valence-electron chi connectivity index (χ3n) is 5.41. The quantitative estimate of drug-likeness (QED) is 0.492. The topological polar surface area (TPSA) is 79.2 Å². The number of aliphatic hydroxyl groups is 1. The Morgan fingerprint density at radius 2 is 1.84 bits per heavy atom. The minimum absolute atomic E-state index is 0.0503. The highest BCUT2D eigenvalue weighted by atomic mass is 19.4. The first-order valence-corrected chi connectivity index (χ1v) is 9.89. The monoisotopic (exact) mass is 448 g/mol. The Labute approximate surface area is 180 Å². The molecule has 10 heteroatoms. The predicted molar refractivity (Wildman–Crippen MR) is 110 cm³/mol. The van der Waals surface area contributed by atoms with Gasteiger partial charge < -0.3 is 15.7 Å². The highest BCUT2D eigenvalue weighted by Crippen LogP contribution is 2.44. The second kappa shape index (κ2) is 8.27. The van der Waals surface area contributed by atoms with Gasteiger partial charge in [0.25, 0.3) is 5.91 Å². The van der Waals surface area contributed by atoms with Crippen molar-refractivity contribution in [2.45, 2.75) is 37.7 Å². The molecule has 1 amide bonds. The lowest BCUT2D eigenvalue weighted by molar-refractivity contribution is -0.173. The maximum atomic E-state index is 13.8. The SMILES string of the molecule is C[C@H](O)c1ccc(NC(=O)c2cnn3c2N[C@H](c2ccc(F)cc2)C[C@H]3C(F)(F)F)cc1. The van der Waals surface area contributed by atoms with Gasteiger partial charge in [-0.25, -0.2) is 9.07 Å². The zero-order valence-corrected chi connectivity index (χ0v) is 16.9. The summed E-state index contributed by atoms with van der Waals surface area (Å²) in [5.41, 5.74) is 1.49. The van der Waals surface area contributed by atoms with Crippen LogP contribution in [0.4, 0.5) is 29.1 Å². The van der Waals surface area contributed by atoms with Gasteiger partial charge in [-0.15, -0.1) is 0 Å². The molecule has 2 aromatic carbocycles. The normalized spacial score (nSPS) is 19.1. The number of anilines is 2. The zero-order valence-electron chi connectivity index (χ0n) is 16.9. The van der Waals surface area contributed by atoms with Gasteiger partial charge in [-0.2, -0.15) is 18.3 Å². The van der Waals surface area contributed by atoms with E-state index >= 15 is 0 Å². The molecule has 4 rings (SSSR count). The number of carbonyl (C=O) groups is 1. The van der Waals surface area contributed by atoms with Gasteiger partial charge in [0.15, 0.2) is 6.04 Å². The summed E-state index contributed by atoms with van der Waals surface area (Å²) in [6.45, 7) is 1.60. The predicted octanol–water partition coefficient (Wildman–Crippen LogP) is 4.99. The van der Waals surface area contributed by atoms with Crippen LogP contribution in [0.3, 0.4) is 0 Å². The second-order valence-corrected chi connectivity index (χ2v) is 7.65. The van der Waals surface area contributed by atoms with Gasteiger partial charge >= 0.3 is 6.18 Å². The first-order valence-electron chi connectivity index (χ1n) is 9.89. The highest BCUT2D eigenvalue weighted by molar-refractivity contribution is 6.07. The molecule has 0 fully saturated rings. The molecule has 3 N–H and O–H groups in total. The number of amides is 1. The smallest absolute Gasteiger partial charge is 0.389 e.